The van der Waals surface area contributed by atoms with Crippen LogP contribution in [-0.4, -0.2) is 62.4 Å². The zero-order valence-corrected chi connectivity index (χ0v) is 22.1. The van der Waals surface area contributed by atoms with Crippen molar-refractivity contribution in [2.45, 2.75) is 56.5 Å². The van der Waals surface area contributed by atoms with Crippen molar-refractivity contribution in [1.29, 1.82) is 5.26 Å². The number of nitrogen functional groups attached to an aromatic ring is 1. The lowest BCUT2D eigenvalue weighted by Gasteiger charge is -2.29. The number of nitrogens with one attached hydrogen (secondary N) is 1. The number of nitrogens with zero attached hydrogens (tertiary/aromatic N) is 4. The summed E-state index contributed by atoms with van der Waals surface area (Å²) < 4.78 is 44.9. The van der Waals surface area contributed by atoms with Gasteiger partial charge in [-0.25, -0.2) is 14.1 Å². The molecular formula is C24H27N6O8P. The highest BCUT2D eigenvalue weighted by Crippen LogP contribution is 2.51. The van der Waals surface area contributed by atoms with Crippen LogP contribution in [0.1, 0.15) is 26.5 Å². The molecule has 1 unspecified atom stereocenters. The van der Waals surface area contributed by atoms with Crippen molar-refractivity contribution in [3.8, 4) is 11.8 Å². The van der Waals surface area contributed by atoms with Gasteiger partial charge in [-0.1, -0.05) is 18.2 Å². The highest BCUT2D eigenvalue weighted by atomic mass is 31.2. The zero-order valence-electron chi connectivity index (χ0n) is 21.3. The third-order valence-electron chi connectivity index (χ3n) is 6.36. The molecule has 206 valence electrons. The molecule has 2 aliphatic heterocycles. The second kappa shape index (κ2) is 9.87. The van der Waals surface area contributed by atoms with Gasteiger partial charge in [0.2, 0.25) is 5.60 Å². The van der Waals surface area contributed by atoms with Gasteiger partial charge >= 0.3 is 13.7 Å². The van der Waals surface area contributed by atoms with E-state index < -0.39 is 56.1 Å². The highest BCUT2D eigenvalue weighted by Gasteiger charge is 2.65. The summed E-state index contributed by atoms with van der Waals surface area (Å²) in [6, 6.07) is 12.4. The van der Waals surface area contributed by atoms with Crippen molar-refractivity contribution < 1.29 is 37.7 Å². The van der Waals surface area contributed by atoms with E-state index in [2.05, 4.69) is 21.2 Å². The number of nitriles is 1. The Morgan fingerprint density at radius 1 is 1.28 bits per heavy atom. The van der Waals surface area contributed by atoms with E-state index in [9.17, 15) is 19.7 Å². The van der Waals surface area contributed by atoms with Gasteiger partial charge in [0.15, 0.2) is 11.6 Å². The van der Waals surface area contributed by atoms with Crippen LogP contribution in [0.15, 0.2) is 48.8 Å². The number of anilines is 1. The minimum absolute atomic E-state index is 0.195. The lowest BCUT2D eigenvalue weighted by molar-refractivity contribution is -0.204. The molecule has 4 heterocycles. The molecule has 0 saturated carbocycles. The molecule has 0 amide bonds. The number of hydrogen-bond donors (Lipinski definition) is 3. The Morgan fingerprint density at radius 2 is 2.03 bits per heavy atom. The minimum Gasteiger partial charge on any atom is -0.480 e. The van der Waals surface area contributed by atoms with Crippen LogP contribution in [0.4, 0.5) is 5.82 Å². The van der Waals surface area contributed by atoms with Crippen LogP contribution >= 0.6 is 7.75 Å². The maximum atomic E-state index is 13.7. The minimum atomic E-state index is -4.26. The molecule has 0 radical (unpaired) electrons. The van der Waals surface area contributed by atoms with E-state index in [4.69, 9.17) is 29.0 Å². The van der Waals surface area contributed by atoms with Crippen molar-refractivity contribution in [3.05, 3.63) is 54.5 Å². The van der Waals surface area contributed by atoms with Crippen molar-refractivity contribution in [1.82, 2.24) is 19.7 Å². The predicted molar refractivity (Wildman–Crippen MR) is 134 cm³/mol. The first-order valence-electron chi connectivity index (χ1n) is 12.0. The molecule has 2 aromatic heterocycles. The fraction of sp³-hybridized carbons (Fsp3) is 0.417. The van der Waals surface area contributed by atoms with Crippen LogP contribution < -0.4 is 15.3 Å². The number of ether oxygens (including phenoxy) is 3. The Morgan fingerprint density at radius 3 is 2.72 bits per heavy atom. The third-order valence-corrected chi connectivity index (χ3v) is 8.01. The standard InChI is InChI=1S/C24H27N6O8P/c1-14(22(31)32)29-39(33,38-15-7-5-4-6-8-15)34-11-17-19-20(37-23(2,3)36-19)24(12-25,35-17)18-10-9-16-21(26)27-13-28-30(16)18/h4-10,13-14,17,19-20H,11H2,1-3H3,(H,29,33)(H,31,32)(H2,26,27,28)/t14-,17+,19+,20+,24-,39?/m0/s1. The molecular weight excluding hydrogens is 531 g/mol. The quantitative estimate of drug-likeness (QED) is 0.324. The fourth-order valence-electron chi connectivity index (χ4n) is 4.64. The second-order valence-corrected chi connectivity index (χ2v) is 11.3. The van der Waals surface area contributed by atoms with E-state index in [0.717, 1.165) is 0 Å². The average molecular weight is 558 g/mol. The summed E-state index contributed by atoms with van der Waals surface area (Å²) >= 11 is 0. The van der Waals surface area contributed by atoms with Crippen LogP contribution in [0.5, 0.6) is 5.75 Å². The van der Waals surface area contributed by atoms with Crippen molar-refractivity contribution in [2.75, 3.05) is 12.3 Å². The fourth-order valence-corrected chi connectivity index (χ4v) is 6.15. The van der Waals surface area contributed by atoms with Gasteiger partial charge < -0.3 is 29.6 Å². The summed E-state index contributed by atoms with van der Waals surface area (Å²) in [7, 11) is -4.26. The molecule has 5 rings (SSSR count). The first kappa shape index (κ1) is 27.0. The van der Waals surface area contributed by atoms with Gasteiger partial charge in [0.05, 0.1) is 12.3 Å². The van der Waals surface area contributed by atoms with Gasteiger partial charge in [-0.2, -0.15) is 15.4 Å². The molecule has 3 aromatic rings. The van der Waals surface area contributed by atoms with E-state index in [1.54, 1.807) is 56.3 Å². The predicted octanol–water partition coefficient (Wildman–Crippen LogP) is 2.22. The summed E-state index contributed by atoms with van der Waals surface area (Å²) in [6.45, 7) is 4.30. The Kier molecular flexibility index (Phi) is 6.84. The van der Waals surface area contributed by atoms with Gasteiger partial charge in [-0.05, 0) is 45.0 Å². The average Bonchev–Trinajstić information content (AvgIpc) is 3.54. The van der Waals surface area contributed by atoms with Gasteiger partial charge in [-0.15, -0.1) is 0 Å². The lowest BCUT2D eigenvalue weighted by atomic mass is 9.92. The molecule has 0 aliphatic carbocycles. The topological polar surface area (TPSA) is 193 Å². The van der Waals surface area contributed by atoms with Crippen LogP contribution in [0, 0.1) is 11.3 Å². The maximum Gasteiger partial charge on any atom is 0.459 e. The molecule has 39 heavy (non-hydrogen) atoms. The van der Waals surface area contributed by atoms with Crippen LogP contribution in [0.2, 0.25) is 0 Å². The SMILES string of the molecule is C[C@H](NP(=O)(OC[C@H]1O[C@@](C#N)(c2ccc3c(N)ncnn23)[C@@H]2OC(C)(C)O[C@@H]21)Oc1ccccc1)C(=O)O. The summed E-state index contributed by atoms with van der Waals surface area (Å²) in [5, 5.41) is 26.5. The molecule has 4 N–H and O–H groups in total. The normalized spacial score (nSPS) is 27.9. The maximum absolute atomic E-state index is 13.7. The molecule has 15 heteroatoms. The van der Waals surface area contributed by atoms with Gasteiger partial charge in [0, 0.05) is 0 Å². The van der Waals surface area contributed by atoms with Crippen molar-refractivity contribution in [3.63, 3.8) is 0 Å². The van der Waals surface area contributed by atoms with Crippen LogP contribution in [0.25, 0.3) is 5.52 Å². The first-order valence-corrected chi connectivity index (χ1v) is 13.5. The van der Waals surface area contributed by atoms with Gasteiger partial charge in [-0.3, -0.25) is 9.32 Å². The van der Waals surface area contributed by atoms with Crippen molar-refractivity contribution in [2.24, 2.45) is 0 Å². The number of nitrogens with two attached hydrogens (primary N) is 1. The molecule has 6 atom stereocenters. The smallest absolute Gasteiger partial charge is 0.459 e. The van der Waals surface area contributed by atoms with E-state index in [-0.39, 0.29) is 11.6 Å². The Bertz CT molecular complexity index is 1480. The summed E-state index contributed by atoms with van der Waals surface area (Å²) in [5.74, 6) is -1.94. The molecule has 2 aliphatic rings. The van der Waals surface area contributed by atoms with E-state index in [1.807, 2.05) is 0 Å². The summed E-state index contributed by atoms with van der Waals surface area (Å²) in [6.07, 6.45) is -1.48. The number of aliphatic carboxylic acids is 1. The van der Waals surface area contributed by atoms with Crippen LogP contribution in [0.3, 0.4) is 0 Å². The monoisotopic (exact) mass is 558 g/mol. The van der Waals surface area contributed by atoms with Crippen molar-refractivity contribution >= 4 is 25.1 Å². The first-order chi connectivity index (χ1) is 18.5. The lowest BCUT2D eigenvalue weighted by Crippen LogP contribution is -2.40. The van der Waals surface area contributed by atoms with E-state index in [1.165, 1.54) is 17.8 Å². The number of para-hydroxylation sites is 1. The zero-order chi connectivity index (χ0) is 28.0. The summed E-state index contributed by atoms with van der Waals surface area (Å²) in [4.78, 5) is 15.5. The number of carbonyl (C=O) groups is 1. The Balaban J connectivity index is 1.47. The molecule has 0 bridgehead atoms. The second-order valence-electron chi connectivity index (χ2n) is 9.57. The molecule has 0 spiro atoms. The summed E-state index contributed by atoms with van der Waals surface area (Å²) in [5.41, 5.74) is 5.06. The number of rotatable bonds is 9. The number of carboxylic acid groups (broad SMARTS) is 1. The van der Waals surface area contributed by atoms with E-state index >= 15 is 0 Å². The number of hydrogen-bond acceptors (Lipinski definition) is 11. The third kappa shape index (κ3) is 4.96. The molecule has 14 nitrogen and oxygen atoms in total. The number of aromatic nitrogens is 3. The van der Waals surface area contributed by atoms with Crippen LogP contribution in [-0.2, 0) is 33.7 Å². The Hall–Kier alpha value is -3.57. The van der Waals surface area contributed by atoms with Gasteiger partial charge in [0.25, 0.3) is 0 Å². The largest absolute Gasteiger partial charge is 0.480 e. The molecule has 2 saturated heterocycles. The highest BCUT2D eigenvalue weighted by molar-refractivity contribution is 7.52. The number of benzene rings is 1. The number of fused-ring (bicyclic) bond motifs is 2. The Labute approximate surface area is 223 Å². The number of carboxylic acids is 1. The molecule has 2 fully saturated rings. The van der Waals surface area contributed by atoms with Gasteiger partial charge in [0.1, 0.15) is 48.0 Å². The molecule has 1 aromatic carbocycles. The van der Waals surface area contributed by atoms with E-state index in [0.29, 0.717) is 11.2 Å².